The monoisotopic (exact) mass is 323 g/mol. The van der Waals surface area contributed by atoms with Crippen molar-refractivity contribution < 1.29 is 14.7 Å². The van der Waals surface area contributed by atoms with Crippen LogP contribution in [0.3, 0.4) is 0 Å². The fourth-order valence-electron chi connectivity index (χ4n) is 4.03. The van der Waals surface area contributed by atoms with Gasteiger partial charge in [0.2, 0.25) is 5.91 Å². The average Bonchev–Trinajstić information content (AvgIpc) is 3.29. The number of carbonyl (C=O) groups is 2. The molecule has 1 N–H and O–H groups in total. The van der Waals surface area contributed by atoms with Gasteiger partial charge in [-0.15, -0.1) is 0 Å². The van der Waals surface area contributed by atoms with Gasteiger partial charge < -0.3 is 19.8 Å². The van der Waals surface area contributed by atoms with E-state index in [0.717, 1.165) is 52.0 Å². The smallest absolute Gasteiger partial charge is 0.308 e. The molecule has 23 heavy (non-hydrogen) atoms. The number of amides is 1. The van der Waals surface area contributed by atoms with Gasteiger partial charge in [-0.3, -0.25) is 9.59 Å². The van der Waals surface area contributed by atoms with Crippen molar-refractivity contribution in [3.63, 3.8) is 0 Å². The van der Waals surface area contributed by atoms with Gasteiger partial charge in [-0.1, -0.05) is 0 Å². The highest BCUT2D eigenvalue weighted by Gasteiger charge is 2.46. The van der Waals surface area contributed by atoms with E-state index in [9.17, 15) is 14.7 Å². The van der Waals surface area contributed by atoms with Crippen LogP contribution in [0.2, 0.25) is 0 Å². The zero-order valence-electron chi connectivity index (χ0n) is 14.1. The number of likely N-dealkylation sites (N-methyl/N-ethyl adjacent to an activating group) is 1. The Labute approximate surface area is 138 Å². The second-order valence-corrected chi connectivity index (χ2v) is 7.49. The Morgan fingerprint density at radius 1 is 1.09 bits per heavy atom. The van der Waals surface area contributed by atoms with Gasteiger partial charge in [0.05, 0.1) is 5.92 Å². The van der Waals surface area contributed by atoms with E-state index in [0.29, 0.717) is 25.4 Å². The van der Waals surface area contributed by atoms with Crippen LogP contribution in [0.5, 0.6) is 0 Å². The molecule has 0 unspecified atom stereocenters. The fourth-order valence-corrected chi connectivity index (χ4v) is 4.03. The quantitative estimate of drug-likeness (QED) is 0.802. The first-order chi connectivity index (χ1) is 11.0. The van der Waals surface area contributed by atoms with E-state index in [-0.39, 0.29) is 17.7 Å². The molecule has 0 spiro atoms. The Bertz CT molecular complexity index is 452. The Morgan fingerprint density at radius 2 is 1.87 bits per heavy atom. The minimum Gasteiger partial charge on any atom is -0.481 e. The van der Waals surface area contributed by atoms with Crippen LogP contribution in [0.1, 0.15) is 25.7 Å². The van der Waals surface area contributed by atoms with Crippen LogP contribution in [0.25, 0.3) is 0 Å². The predicted molar refractivity (Wildman–Crippen MR) is 87.1 cm³/mol. The second-order valence-electron chi connectivity index (χ2n) is 7.49. The molecule has 1 amide bonds. The molecule has 0 radical (unpaired) electrons. The Morgan fingerprint density at radius 3 is 2.57 bits per heavy atom. The summed E-state index contributed by atoms with van der Waals surface area (Å²) in [4.78, 5) is 30.4. The van der Waals surface area contributed by atoms with Gasteiger partial charge in [-0.05, 0) is 51.2 Å². The summed E-state index contributed by atoms with van der Waals surface area (Å²) in [5.74, 6) is -0.221. The molecule has 2 aliphatic heterocycles. The summed E-state index contributed by atoms with van der Waals surface area (Å²) in [5, 5.41) is 9.40. The van der Waals surface area contributed by atoms with Crippen LogP contribution in [-0.4, -0.2) is 84.5 Å². The standard InChI is InChI=1S/C17H29N3O3/c1-18-6-2-7-19(10-9-18)8-5-16(21)20-11-14(13-3-4-13)15(12-20)17(22)23/h13-15H,2-12H2,1H3,(H,22,23)/t14-,15+/m0/s1. The first-order valence-corrected chi connectivity index (χ1v) is 8.96. The summed E-state index contributed by atoms with van der Waals surface area (Å²) in [6.45, 7) is 6.13. The summed E-state index contributed by atoms with van der Waals surface area (Å²) in [6, 6.07) is 0. The number of carboxylic acids is 1. The third-order valence-corrected chi connectivity index (χ3v) is 5.72. The SMILES string of the molecule is CN1CCCN(CCC(=O)N2C[C@@H](C(=O)O)[C@H](C3CC3)C2)CC1. The first kappa shape index (κ1) is 16.7. The highest BCUT2D eigenvalue weighted by molar-refractivity contribution is 5.79. The molecule has 1 aliphatic carbocycles. The molecule has 2 saturated heterocycles. The maximum Gasteiger partial charge on any atom is 0.308 e. The minimum absolute atomic E-state index is 0.136. The van der Waals surface area contributed by atoms with E-state index in [1.54, 1.807) is 0 Å². The molecule has 2 heterocycles. The Balaban J connectivity index is 1.47. The van der Waals surface area contributed by atoms with Gasteiger partial charge in [0.15, 0.2) is 0 Å². The maximum atomic E-state index is 12.5. The van der Waals surface area contributed by atoms with E-state index in [2.05, 4.69) is 16.8 Å². The number of rotatable bonds is 5. The molecule has 0 aromatic heterocycles. The summed E-state index contributed by atoms with van der Waals surface area (Å²) < 4.78 is 0. The van der Waals surface area contributed by atoms with Gasteiger partial charge in [0, 0.05) is 39.1 Å². The third kappa shape index (κ3) is 4.23. The van der Waals surface area contributed by atoms with E-state index in [1.807, 2.05) is 4.90 Å². The molecule has 6 nitrogen and oxygen atoms in total. The number of likely N-dealkylation sites (tertiary alicyclic amines) is 1. The van der Waals surface area contributed by atoms with Crippen molar-refractivity contribution in [1.82, 2.24) is 14.7 Å². The van der Waals surface area contributed by atoms with Crippen LogP contribution in [-0.2, 0) is 9.59 Å². The number of nitrogens with zero attached hydrogens (tertiary/aromatic N) is 3. The molecule has 130 valence electrons. The van der Waals surface area contributed by atoms with Crippen molar-refractivity contribution in [2.45, 2.75) is 25.7 Å². The normalized spacial score (nSPS) is 30.4. The highest BCUT2D eigenvalue weighted by atomic mass is 16.4. The third-order valence-electron chi connectivity index (χ3n) is 5.72. The van der Waals surface area contributed by atoms with E-state index >= 15 is 0 Å². The molecule has 3 fully saturated rings. The number of carbonyl (C=O) groups excluding carboxylic acids is 1. The lowest BCUT2D eigenvalue weighted by molar-refractivity contribution is -0.142. The lowest BCUT2D eigenvalue weighted by Gasteiger charge is -2.22. The molecular formula is C17H29N3O3. The minimum atomic E-state index is -0.729. The van der Waals surface area contributed by atoms with Crippen molar-refractivity contribution >= 4 is 11.9 Å². The van der Waals surface area contributed by atoms with Gasteiger partial charge in [0.25, 0.3) is 0 Å². The largest absolute Gasteiger partial charge is 0.481 e. The van der Waals surface area contributed by atoms with Gasteiger partial charge in [0.1, 0.15) is 0 Å². The van der Waals surface area contributed by atoms with E-state index in [4.69, 9.17) is 0 Å². The number of aliphatic carboxylic acids is 1. The van der Waals surface area contributed by atoms with Crippen molar-refractivity contribution in [1.29, 1.82) is 0 Å². The van der Waals surface area contributed by atoms with Crippen LogP contribution in [0.4, 0.5) is 0 Å². The maximum absolute atomic E-state index is 12.5. The zero-order chi connectivity index (χ0) is 16.4. The average molecular weight is 323 g/mol. The van der Waals surface area contributed by atoms with Gasteiger partial charge >= 0.3 is 5.97 Å². The second kappa shape index (κ2) is 7.18. The summed E-state index contributed by atoms with van der Waals surface area (Å²) >= 11 is 0. The summed E-state index contributed by atoms with van der Waals surface area (Å²) in [5.41, 5.74) is 0. The topological polar surface area (TPSA) is 64.1 Å². The Kier molecular flexibility index (Phi) is 5.21. The Hall–Kier alpha value is -1.14. The number of hydrogen-bond acceptors (Lipinski definition) is 4. The zero-order valence-corrected chi connectivity index (χ0v) is 14.1. The molecule has 6 heteroatoms. The number of carboxylic acid groups (broad SMARTS) is 1. The molecule has 3 aliphatic rings. The van der Waals surface area contributed by atoms with Crippen LogP contribution < -0.4 is 0 Å². The molecule has 0 aromatic carbocycles. The molecule has 0 bridgehead atoms. The lowest BCUT2D eigenvalue weighted by Crippen LogP contribution is -2.35. The first-order valence-electron chi connectivity index (χ1n) is 8.96. The van der Waals surface area contributed by atoms with Crippen molar-refractivity contribution in [2.24, 2.45) is 17.8 Å². The van der Waals surface area contributed by atoms with Gasteiger partial charge in [-0.25, -0.2) is 0 Å². The lowest BCUT2D eigenvalue weighted by atomic mass is 9.92. The molecule has 3 rings (SSSR count). The van der Waals surface area contributed by atoms with E-state index in [1.165, 1.54) is 0 Å². The molecule has 2 atom stereocenters. The van der Waals surface area contributed by atoms with Crippen LogP contribution >= 0.6 is 0 Å². The van der Waals surface area contributed by atoms with Crippen molar-refractivity contribution in [2.75, 3.05) is 52.9 Å². The molecular weight excluding hydrogens is 294 g/mol. The van der Waals surface area contributed by atoms with Crippen molar-refractivity contribution in [3.8, 4) is 0 Å². The summed E-state index contributed by atoms with van der Waals surface area (Å²) in [6.07, 6.45) is 3.95. The molecule has 0 aromatic rings. The van der Waals surface area contributed by atoms with Gasteiger partial charge in [-0.2, -0.15) is 0 Å². The van der Waals surface area contributed by atoms with Crippen LogP contribution in [0.15, 0.2) is 0 Å². The fraction of sp³-hybridized carbons (Fsp3) is 0.882. The highest BCUT2D eigenvalue weighted by Crippen LogP contribution is 2.44. The molecule has 1 saturated carbocycles. The van der Waals surface area contributed by atoms with E-state index < -0.39 is 5.97 Å². The van der Waals surface area contributed by atoms with Crippen molar-refractivity contribution in [3.05, 3.63) is 0 Å². The predicted octanol–water partition coefficient (Wildman–Crippen LogP) is 0.583. The summed E-state index contributed by atoms with van der Waals surface area (Å²) in [7, 11) is 2.14. The van der Waals surface area contributed by atoms with Crippen LogP contribution in [0, 0.1) is 17.8 Å². The number of hydrogen-bond donors (Lipinski definition) is 1.